The Bertz CT molecular complexity index is 573. The van der Waals surface area contributed by atoms with Gasteiger partial charge in [-0.3, -0.25) is 4.79 Å². The van der Waals surface area contributed by atoms with Crippen molar-refractivity contribution < 1.29 is 14.3 Å². The van der Waals surface area contributed by atoms with Crippen LogP contribution in [-0.4, -0.2) is 42.7 Å². The highest BCUT2D eigenvalue weighted by Crippen LogP contribution is 2.33. The minimum absolute atomic E-state index is 0.118. The Morgan fingerprint density at radius 2 is 1.80 bits per heavy atom. The molecule has 1 aromatic carbocycles. The van der Waals surface area contributed by atoms with Crippen LogP contribution in [0.15, 0.2) is 24.3 Å². The van der Waals surface area contributed by atoms with Crippen LogP contribution in [0.1, 0.15) is 39.5 Å². The first-order chi connectivity index (χ1) is 12.0. The highest BCUT2D eigenvalue weighted by atomic mass is 35.5. The molecule has 0 bridgehead atoms. The van der Waals surface area contributed by atoms with Crippen molar-refractivity contribution in [1.29, 1.82) is 0 Å². The number of hydrogen-bond donors (Lipinski definition) is 0. The van der Waals surface area contributed by atoms with Gasteiger partial charge in [-0.15, -0.1) is 0 Å². The fourth-order valence-electron chi connectivity index (χ4n) is 3.85. The van der Waals surface area contributed by atoms with Crippen molar-refractivity contribution in [3.63, 3.8) is 0 Å². The molecule has 0 N–H and O–H groups in total. The van der Waals surface area contributed by atoms with Gasteiger partial charge in [0.05, 0.1) is 13.2 Å². The minimum Gasteiger partial charge on any atom is -0.477 e. The maximum atomic E-state index is 13.3. The van der Waals surface area contributed by atoms with Crippen LogP contribution in [0.3, 0.4) is 0 Å². The van der Waals surface area contributed by atoms with Crippen molar-refractivity contribution in [2.45, 2.75) is 45.1 Å². The zero-order valence-electron chi connectivity index (χ0n) is 15.2. The Labute approximate surface area is 155 Å². The topological polar surface area (TPSA) is 38.8 Å². The summed E-state index contributed by atoms with van der Waals surface area (Å²) in [6.45, 7) is 7.31. The highest BCUT2D eigenvalue weighted by molar-refractivity contribution is 6.30. The van der Waals surface area contributed by atoms with Crippen LogP contribution in [-0.2, 0) is 9.53 Å². The van der Waals surface area contributed by atoms with Gasteiger partial charge in [0.15, 0.2) is 5.60 Å². The predicted molar refractivity (Wildman–Crippen MR) is 99.0 cm³/mol. The molecule has 2 aliphatic rings. The summed E-state index contributed by atoms with van der Waals surface area (Å²) < 4.78 is 11.8. The summed E-state index contributed by atoms with van der Waals surface area (Å²) in [5.41, 5.74) is -0.809. The number of halogens is 1. The number of likely N-dealkylation sites (tertiary alicyclic amines) is 1. The molecule has 0 atom stereocenters. The van der Waals surface area contributed by atoms with E-state index in [0.29, 0.717) is 48.7 Å². The summed E-state index contributed by atoms with van der Waals surface area (Å²) >= 11 is 5.96. The van der Waals surface area contributed by atoms with Crippen molar-refractivity contribution in [3.05, 3.63) is 29.3 Å². The maximum Gasteiger partial charge on any atom is 0.266 e. The average molecular weight is 366 g/mol. The highest BCUT2D eigenvalue weighted by Gasteiger charge is 2.45. The second kappa shape index (κ2) is 7.96. The standard InChI is InChI=1S/C20H28ClNO3/c1-15(2)16-7-11-22(12-8-16)19(23)20(9-13-24-14-10-20)25-18-5-3-17(21)4-6-18/h3-6,15-16H,7-14H2,1-2H3. The molecule has 0 unspecified atom stereocenters. The van der Waals surface area contributed by atoms with Gasteiger partial charge in [0.2, 0.25) is 0 Å². The second-order valence-electron chi connectivity index (χ2n) is 7.54. The summed E-state index contributed by atoms with van der Waals surface area (Å²) in [4.78, 5) is 15.3. The van der Waals surface area contributed by atoms with E-state index in [2.05, 4.69) is 13.8 Å². The molecule has 0 aromatic heterocycles. The number of amides is 1. The molecule has 2 aliphatic heterocycles. The lowest BCUT2D eigenvalue weighted by Gasteiger charge is -2.42. The molecule has 3 rings (SSSR count). The molecule has 5 heteroatoms. The number of ether oxygens (including phenoxy) is 2. The quantitative estimate of drug-likeness (QED) is 0.804. The summed E-state index contributed by atoms with van der Waals surface area (Å²) in [7, 11) is 0. The molecule has 1 aromatic rings. The van der Waals surface area contributed by atoms with E-state index in [1.165, 1.54) is 0 Å². The molecule has 138 valence electrons. The van der Waals surface area contributed by atoms with E-state index in [4.69, 9.17) is 21.1 Å². The van der Waals surface area contributed by atoms with E-state index < -0.39 is 5.60 Å². The number of nitrogens with zero attached hydrogens (tertiary/aromatic N) is 1. The average Bonchev–Trinajstić information content (AvgIpc) is 2.64. The predicted octanol–water partition coefficient (Wildman–Crippen LogP) is 4.16. The largest absolute Gasteiger partial charge is 0.477 e. The molecule has 0 spiro atoms. The lowest BCUT2D eigenvalue weighted by Crippen LogP contribution is -2.57. The maximum absolute atomic E-state index is 13.3. The fourth-order valence-corrected chi connectivity index (χ4v) is 3.97. The number of carbonyl (C=O) groups is 1. The number of piperidine rings is 1. The van der Waals surface area contributed by atoms with Gasteiger partial charge in [-0.25, -0.2) is 0 Å². The summed E-state index contributed by atoms with van der Waals surface area (Å²) in [5.74, 6) is 2.20. The van der Waals surface area contributed by atoms with Crippen molar-refractivity contribution >= 4 is 17.5 Å². The fraction of sp³-hybridized carbons (Fsp3) is 0.650. The Morgan fingerprint density at radius 1 is 1.20 bits per heavy atom. The Morgan fingerprint density at radius 3 is 2.36 bits per heavy atom. The molecular formula is C20H28ClNO3. The SMILES string of the molecule is CC(C)C1CCN(C(=O)C2(Oc3ccc(Cl)cc3)CCOCC2)CC1. The minimum atomic E-state index is -0.809. The third kappa shape index (κ3) is 4.29. The first-order valence-corrected chi connectivity index (χ1v) is 9.70. The normalized spacial score (nSPS) is 21.4. The van der Waals surface area contributed by atoms with Crippen LogP contribution in [0.5, 0.6) is 5.75 Å². The zero-order chi connectivity index (χ0) is 17.9. The van der Waals surface area contributed by atoms with E-state index in [9.17, 15) is 4.79 Å². The van der Waals surface area contributed by atoms with E-state index in [0.717, 1.165) is 25.9 Å². The molecule has 0 radical (unpaired) electrons. The summed E-state index contributed by atoms with van der Waals surface area (Å²) in [6, 6.07) is 7.25. The monoisotopic (exact) mass is 365 g/mol. The number of hydrogen-bond acceptors (Lipinski definition) is 3. The van der Waals surface area contributed by atoms with Crippen molar-refractivity contribution in [2.24, 2.45) is 11.8 Å². The van der Waals surface area contributed by atoms with Crippen molar-refractivity contribution in [2.75, 3.05) is 26.3 Å². The van der Waals surface area contributed by atoms with E-state index in [1.807, 2.05) is 17.0 Å². The van der Waals surface area contributed by atoms with Gasteiger partial charge in [0.1, 0.15) is 5.75 Å². The Hall–Kier alpha value is -1.26. The Balaban J connectivity index is 1.73. The smallest absolute Gasteiger partial charge is 0.266 e. The molecular weight excluding hydrogens is 338 g/mol. The summed E-state index contributed by atoms with van der Waals surface area (Å²) in [6.07, 6.45) is 3.35. The lowest BCUT2D eigenvalue weighted by atomic mass is 9.85. The molecule has 2 fully saturated rings. The first-order valence-electron chi connectivity index (χ1n) is 9.32. The third-order valence-corrected chi connectivity index (χ3v) is 5.84. The second-order valence-corrected chi connectivity index (χ2v) is 7.97. The van der Waals surface area contributed by atoms with E-state index in [-0.39, 0.29) is 5.91 Å². The van der Waals surface area contributed by atoms with Crippen molar-refractivity contribution in [3.8, 4) is 5.75 Å². The third-order valence-electron chi connectivity index (χ3n) is 5.59. The zero-order valence-corrected chi connectivity index (χ0v) is 15.9. The van der Waals surface area contributed by atoms with Gasteiger partial charge < -0.3 is 14.4 Å². The molecule has 1 amide bonds. The number of rotatable bonds is 4. The van der Waals surface area contributed by atoms with Crippen LogP contribution >= 0.6 is 11.6 Å². The van der Waals surface area contributed by atoms with Crippen LogP contribution in [0.2, 0.25) is 5.02 Å². The molecule has 4 nitrogen and oxygen atoms in total. The first kappa shape index (κ1) is 18.5. The molecule has 25 heavy (non-hydrogen) atoms. The number of benzene rings is 1. The molecule has 2 heterocycles. The molecule has 0 aliphatic carbocycles. The van der Waals surface area contributed by atoms with Gasteiger partial charge >= 0.3 is 0 Å². The number of carbonyl (C=O) groups excluding carboxylic acids is 1. The Kier molecular flexibility index (Phi) is 5.90. The van der Waals surface area contributed by atoms with Crippen LogP contribution < -0.4 is 4.74 Å². The van der Waals surface area contributed by atoms with Gasteiger partial charge in [-0.05, 0) is 48.9 Å². The van der Waals surface area contributed by atoms with Gasteiger partial charge in [-0.2, -0.15) is 0 Å². The van der Waals surface area contributed by atoms with Crippen LogP contribution in [0, 0.1) is 11.8 Å². The molecule has 2 saturated heterocycles. The van der Waals surface area contributed by atoms with Gasteiger partial charge in [-0.1, -0.05) is 25.4 Å². The lowest BCUT2D eigenvalue weighted by molar-refractivity contribution is -0.158. The van der Waals surface area contributed by atoms with Crippen LogP contribution in [0.25, 0.3) is 0 Å². The summed E-state index contributed by atoms with van der Waals surface area (Å²) in [5, 5.41) is 0.662. The van der Waals surface area contributed by atoms with Crippen molar-refractivity contribution in [1.82, 2.24) is 4.90 Å². The van der Waals surface area contributed by atoms with Crippen LogP contribution in [0.4, 0.5) is 0 Å². The van der Waals surface area contributed by atoms with E-state index in [1.54, 1.807) is 12.1 Å². The van der Waals surface area contributed by atoms with E-state index >= 15 is 0 Å². The molecule has 0 saturated carbocycles. The van der Waals surface area contributed by atoms with Gasteiger partial charge in [0, 0.05) is 31.0 Å². The van der Waals surface area contributed by atoms with Gasteiger partial charge in [0.25, 0.3) is 5.91 Å².